The summed E-state index contributed by atoms with van der Waals surface area (Å²) < 4.78 is 0. The van der Waals surface area contributed by atoms with Crippen molar-refractivity contribution in [3.63, 3.8) is 0 Å². The highest BCUT2D eigenvalue weighted by Crippen LogP contribution is 2.27. The minimum absolute atomic E-state index is 0.181. The molecule has 0 fully saturated rings. The SMILES string of the molecule is CCC(CSC)N(C)c1cc(C)c(N)c(C(=O)O)c1. The number of carboxylic acids is 1. The minimum atomic E-state index is -0.978. The molecule has 5 heteroatoms. The standard InChI is InChI=1S/C14H22N2O2S/c1-5-10(8-19-4)16(3)11-6-9(2)13(15)12(7-11)14(17)18/h6-7,10H,5,8,15H2,1-4H3,(H,17,18). The molecule has 1 aromatic carbocycles. The number of thioether (sulfide) groups is 1. The van der Waals surface area contributed by atoms with E-state index in [9.17, 15) is 9.90 Å². The first-order valence-electron chi connectivity index (χ1n) is 6.27. The van der Waals surface area contributed by atoms with Crippen LogP contribution in [0.5, 0.6) is 0 Å². The van der Waals surface area contributed by atoms with E-state index < -0.39 is 5.97 Å². The van der Waals surface area contributed by atoms with Gasteiger partial charge in [-0.25, -0.2) is 4.79 Å². The van der Waals surface area contributed by atoms with E-state index in [4.69, 9.17) is 5.73 Å². The van der Waals surface area contributed by atoms with Crippen LogP contribution in [0.25, 0.3) is 0 Å². The van der Waals surface area contributed by atoms with Gasteiger partial charge in [0.15, 0.2) is 0 Å². The van der Waals surface area contributed by atoms with Crippen molar-refractivity contribution in [3.05, 3.63) is 23.3 Å². The summed E-state index contributed by atoms with van der Waals surface area (Å²) in [5.74, 6) is 0.0347. The highest BCUT2D eigenvalue weighted by atomic mass is 32.2. The van der Waals surface area contributed by atoms with Crippen LogP contribution in [0, 0.1) is 6.92 Å². The molecule has 19 heavy (non-hydrogen) atoms. The van der Waals surface area contributed by atoms with Crippen molar-refractivity contribution in [1.29, 1.82) is 0 Å². The Hall–Kier alpha value is -1.36. The largest absolute Gasteiger partial charge is 0.478 e. The second-order valence-electron chi connectivity index (χ2n) is 4.66. The maximum Gasteiger partial charge on any atom is 0.337 e. The third-order valence-electron chi connectivity index (χ3n) is 3.39. The van der Waals surface area contributed by atoms with E-state index in [2.05, 4.69) is 18.1 Å². The lowest BCUT2D eigenvalue weighted by molar-refractivity contribution is 0.0698. The summed E-state index contributed by atoms with van der Waals surface area (Å²) in [6, 6.07) is 4.00. The van der Waals surface area contributed by atoms with Gasteiger partial charge in [0.2, 0.25) is 0 Å². The molecule has 3 N–H and O–H groups in total. The smallest absolute Gasteiger partial charge is 0.337 e. The van der Waals surface area contributed by atoms with Crippen molar-refractivity contribution in [2.45, 2.75) is 26.3 Å². The zero-order valence-electron chi connectivity index (χ0n) is 11.9. The Labute approximate surface area is 119 Å². The van der Waals surface area contributed by atoms with Crippen LogP contribution in [0.4, 0.5) is 11.4 Å². The Morgan fingerprint density at radius 3 is 2.63 bits per heavy atom. The molecule has 0 saturated heterocycles. The zero-order valence-corrected chi connectivity index (χ0v) is 12.8. The molecule has 0 bridgehead atoms. The molecule has 1 unspecified atom stereocenters. The van der Waals surface area contributed by atoms with E-state index in [0.717, 1.165) is 23.4 Å². The second-order valence-corrected chi connectivity index (χ2v) is 5.57. The summed E-state index contributed by atoms with van der Waals surface area (Å²) in [6.45, 7) is 3.98. The molecule has 0 saturated carbocycles. The number of nitrogen functional groups attached to an aromatic ring is 1. The van der Waals surface area contributed by atoms with E-state index in [1.54, 1.807) is 17.8 Å². The first-order chi connectivity index (χ1) is 8.92. The maximum absolute atomic E-state index is 11.2. The number of nitrogens with zero attached hydrogens (tertiary/aromatic N) is 1. The van der Waals surface area contributed by atoms with Crippen molar-refractivity contribution >= 4 is 29.1 Å². The van der Waals surface area contributed by atoms with Crippen molar-refractivity contribution in [2.75, 3.05) is 29.7 Å². The van der Waals surface area contributed by atoms with E-state index in [1.807, 2.05) is 20.0 Å². The molecule has 0 aliphatic heterocycles. The molecular formula is C14H22N2O2S. The van der Waals surface area contributed by atoms with Gasteiger partial charge in [-0.2, -0.15) is 11.8 Å². The molecule has 1 atom stereocenters. The Kier molecular flexibility index (Phi) is 5.54. The molecule has 0 heterocycles. The topological polar surface area (TPSA) is 66.6 Å². The quantitative estimate of drug-likeness (QED) is 0.785. The van der Waals surface area contributed by atoms with Crippen molar-refractivity contribution in [2.24, 2.45) is 0 Å². The average Bonchev–Trinajstić information content (AvgIpc) is 2.37. The predicted molar refractivity (Wildman–Crippen MR) is 83.4 cm³/mol. The van der Waals surface area contributed by atoms with Crippen LogP contribution in [0.2, 0.25) is 0 Å². The van der Waals surface area contributed by atoms with Gasteiger partial charge in [0, 0.05) is 30.2 Å². The number of aromatic carboxylic acids is 1. The van der Waals surface area contributed by atoms with Gasteiger partial charge < -0.3 is 15.7 Å². The van der Waals surface area contributed by atoms with Crippen LogP contribution < -0.4 is 10.6 Å². The van der Waals surface area contributed by atoms with Crippen molar-refractivity contribution in [3.8, 4) is 0 Å². The number of aryl methyl sites for hydroxylation is 1. The van der Waals surface area contributed by atoms with E-state index >= 15 is 0 Å². The van der Waals surface area contributed by atoms with Gasteiger partial charge >= 0.3 is 5.97 Å². The fourth-order valence-corrected chi connectivity index (χ4v) is 2.91. The van der Waals surface area contributed by atoms with Crippen LogP contribution in [0.3, 0.4) is 0 Å². The van der Waals surface area contributed by atoms with Crippen molar-refractivity contribution < 1.29 is 9.90 Å². The lowest BCUT2D eigenvalue weighted by Gasteiger charge is -2.29. The van der Waals surface area contributed by atoms with E-state index in [0.29, 0.717) is 11.7 Å². The summed E-state index contributed by atoms with van der Waals surface area (Å²) in [7, 11) is 2.00. The first-order valence-corrected chi connectivity index (χ1v) is 7.66. The zero-order chi connectivity index (χ0) is 14.6. The normalized spacial score (nSPS) is 12.2. The fraction of sp³-hybridized carbons (Fsp3) is 0.500. The number of nitrogens with two attached hydrogens (primary N) is 1. The highest BCUT2D eigenvalue weighted by molar-refractivity contribution is 7.98. The molecule has 106 valence electrons. The summed E-state index contributed by atoms with van der Waals surface area (Å²) in [5, 5.41) is 9.19. The molecular weight excluding hydrogens is 260 g/mol. The van der Waals surface area contributed by atoms with Crippen LogP contribution in [-0.2, 0) is 0 Å². The number of anilines is 2. The monoisotopic (exact) mass is 282 g/mol. The van der Waals surface area contributed by atoms with Crippen LogP contribution in [-0.4, -0.2) is 36.2 Å². The summed E-state index contributed by atoms with van der Waals surface area (Å²) in [4.78, 5) is 13.3. The number of rotatable bonds is 6. The third kappa shape index (κ3) is 3.56. The summed E-state index contributed by atoms with van der Waals surface area (Å²) >= 11 is 1.79. The number of hydrogen-bond acceptors (Lipinski definition) is 4. The molecule has 0 spiro atoms. The van der Waals surface area contributed by atoms with E-state index in [1.165, 1.54) is 0 Å². The van der Waals surface area contributed by atoms with Gasteiger partial charge in [-0.1, -0.05) is 6.92 Å². The molecule has 0 aromatic heterocycles. The number of carboxylic acid groups (broad SMARTS) is 1. The van der Waals surface area contributed by atoms with Crippen LogP contribution in [0.15, 0.2) is 12.1 Å². The van der Waals surface area contributed by atoms with E-state index in [-0.39, 0.29) is 5.56 Å². The van der Waals surface area contributed by atoms with Gasteiger partial charge in [-0.15, -0.1) is 0 Å². The Morgan fingerprint density at radius 2 is 2.16 bits per heavy atom. The number of carbonyl (C=O) groups is 1. The number of hydrogen-bond donors (Lipinski definition) is 2. The first kappa shape index (κ1) is 15.7. The van der Waals surface area contributed by atoms with Gasteiger partial charge in [0.05, 0.1) is 5.56 Å². The second kappa shape index (κ2) is 6.70. The molecule has 1 rings (SSSR count). The highest BCUT2D eigenvalue weighted by Gasteiger charge is 2.17. The predicted octanol–water partition coefficient (Wildman–Crippen LogP) is 2.85. The van der Waals surface area contributed by atoms with Gasteiger partial charge in [-0.3, -0.25) is 0 Å². The Morgan fingerprint density at radius 1 is 1.53 bits per heavy atom. The van der Waals surface area contributed by atoms with Crippen molar-refractivity contribution in [1.82, 2.24) is 0 Å². The molecule has 0 aliphatic rings. The number of benzene rings is 1. The molecule has 0 radical (unpaired) electrons. The summed E-state index contributed by atoms with van der Waals surface area (Å²) in [5.41, 5.74) is 8.06. The van der Waals surface area contributed by atoms with Crippen LogP contribution in [0.1, 0.15) is 29.3 Å². The Bertz CT molecular complexity index is 463. The summed E-state index contributed by atoms with van der Waals surface area (Å²) in [6.07, 6.45) is 3.09. The fourth-order valence-electron chi connectivity index (χ4n) is 2.07. The molecule has 0 amide bonds. The average molecular weight is 282 g/mol. The van der Waals surface area contributed by atoms with Crippen LogP contribution >= 0.6 is 11.8 Å². The maximum atomic E-state index is 11.2. The van der Waals surface area contributed by atoms with Gasteiger partial charge in [0.1, 0.15) is 0 Å². The lowest BCUT2D eigenvalue weighted by Crippen LogP contribution is -2.33. The molecule has 0 aliphatic carbocycles. The molecule has 4 nitrogen and oxygen atoms in total. The van der Waals surface area contributed by atoms with Gasteiger partial charge in [-0.05, 0) is 37.3 Å². The third-order valence-corrected chi connectivity index (χ3v) is 4.11. The molecule has 1 aromatic rings. The minimum Gasteiger partial charge on any atom is -0.478 e. The lowest BCUT2D eigenvalue weighted by atomic mass is 10.1. The Balaban J connectivity index is 3.16. The van der Waals surface area contributed by atoms with Gasteiger partial charge in [0.25, 0.3) is 0 Å².